The summed E-state index contributed by atoms with van der Waals surface area (Å²) in [6.07, 6.45) is -4.29. The first-order valence-corrected chi connectivity index (χ1v) is 5.60. The van der Waals surface area contributed by atoms with Crippen molar-refractivity contribution >= 4 is 12.3 Å². The Morgan fingerprint density at radius 1 is 1.42 bits per heavy atom. The van der Waals surface area contributed by atoms with Gasteiger partial charge in [-0.1, -0.05) is 19.1 Å². The number of carboxylic acids is 1. The first-order valence-electron chi connectivity index (χ1n) is 5.60. The van der Waals surface area contributed by atoms with Crippen molar-refractivity contribution in [2.24, 2.45) is 5.92 Å². The van der Waals surface area contributed by atoms with Crippen LogP contribution in [0.3, 0.4) is 0 Å². The van der Waals surface area contributed by atoms with Gasteiger partial charge in [0.05, 0.1) is 12.0 Å². The second kappa shape index (κ2) is 5.86. The summed E-state index contributed by atoms with van der Waals surface area (Å²) < 4.78 is 38.1. The van der Waals surface area contributed by atoms with Crippen LogP contribution in [-0.2, 0) is 28.6 Å². The van der Waals surface area contributed by atoms with Crippen LogP contribution in [0.15, 0.2) is 18.2 Å². The first kappa shape index (κ1) is 15.2. The average Bonchev–Trinajstić information content (AvgIpc) is 2.26. The zero-order valence-corrected chi connectivity index (χ0v) is 10.2. The molecular weight excluding hydrogens is 261 g/mol. The van der Waals surface area contributed by atoms with E-state index in [4.69, 9.17) is 5.11 Å². The van der Waals surface area contributed by atoms with E-state index in [9.17, 15) is 22.8 Å². The van der Waals surface area contributed by atoms with Crippen molar-refractivity contribution in [2.45, 2.75) is 25.9 Å². The molecule has 0 aliphatic rings. The number of carboxylic acid groups (broad SMARTS) is 1. The fourth-order valence-electron chi connectivity index (χ4n) is 1.78. The number of aliphatic carboxylic acids is 1. The molecule has 1 aromatic carbocycles. The third-order valence-electron chi connectivity index (χ3n) is 2.61. The summed E-state index contributed by atoms with van der Waals surface area (Å²) >= 11 is 0. The molecule has 0 spiro atoms. The third kappa shape index (κ3) is 4.39. The van der Waals surface area contributed by atoms with Crippen LogP contribution in [0.4, 0.5) is 13.2 Å². The van der Waals surface area contributed by atoms with Gasteiger partial charge in [0.15, 0.2) is 0 Å². The molecule has 0 aliphatic carbocycles. The maximum absolute atomic E-state index is 12.7. The second-order valence-electron chi connectivity index (χ2n) is 4.38. The summed E-state index contributed by atoms with van der Waals surface area (Å²) in [5.41, 5.74) is -0.711. The Balaban J connectivity index is 3.15. The van der Waals surface area contributed by atoms with Crippen LogP contribution in [0.1, 0.15) is 23.6 Å². The Bertz CT molecular complexity index is 481. The van der Waals surface area contributed by atoms with Crippen LogP contribution < -0.4 is 0 Å². The van der Waals surface area contributed by atoms with Gasteiger partial charge in [0.1, 0.15) is 6.29 Å². The molecule has 0 fully saturated rings. The minimum atomic E-state index is -4.58. The summed E-state index contributed by atoms with van der Waals surface area (Å²) in [5.74, 6) is -1.65. The standard InChI is InChI=1S/C13H13F3O3/c1-8(7-17)4-9-2-3-11(13(14,15)16)10(5-9)6-12(18)19/h2-3,5,7-8H,4,6H2,1H3,(H,18,19). The molecule has 0 saturated heterocycles. The van der Waals surface area contributed by atoms with Crippen LogP contribution in [0.25, 0.3) is 0 Å². The predicted molar refractivity (Wildman–Crippen MR) is 61.7 cm³/mol. The number of rotatable bonds is 5. The van der Waals surface area contributed by atoms with Crippen molar-refractivity contribution in [1.82, 2.24) is 0 Å². The maximum Gasteiger partial charge on any atom is 0.416 e. The molecule has 1 aromatic rings. The Morgan fingerprint density at radius 3 is 2.53 bits per heavy atom. The zero-order valence-electron chi connectivity index (χ0n) is 10.2. The molecule has 1 unspecified atom stereocenters. The number of halogens is 3. The minimum Gasteiger partial charge on any atom is -0.481 e. The Morgan fingerprint density at radius 2 is 2.05 bits per heavy atom. The molecule has 1 atom stereocenters. The topological polar surface area (TPSA) is 54.4 Å². The second-order valence-corrected chi connectivity index (χ2v) is 4.38. The van der Waals surface area contributed by atoms with E-state index in [0.29, 0.717) is 11.8 Å². The van der Waals surface area contributed by atoms with Gasteiger partial charge in [-0.05, 0) is 23.6 Å². The molecule has 1 N–H and O–H groups in total. The van der Waals surface area contributed by atoms with Crippen LogP contribution in [-0.4, -0.2) is 17.4 Å². The molecule has 0 aromatic heterocycles. The van der Waals surface area contributed by atoms with Crippen molar-refractivity contribution in [3.63, 3.8) is 0 Å². The highest BCUT2D eigenvalue weighted by molar-refractivity contribution is 5.71. The summed E-state index contributed by atoms with van der Waals surface area (Å²) in [6.45, 7) is 1.64. The summed E-state index contributed by atoms with van der Waals surface area (Å²) in [6, 6.07) is 3.34. The van der Waals surface area contributed by atoms with Gasteiger partial charge in [-0.25, -0.2) is 0 Å². The molecule has 0 radical (unpaired) electrons. The van der Waals surface area contributed by atoms with Crippen LogP contribution in [0, 0.1) is 5.92 Å². The van der Waals surface area contributed by atoms with Crippen molar-refractivity contribution < 1.29 is 27.9 Å². The lowest BCUT2D eigenvalue weighted by Gasteiger charge is -2.14. The van der Waals surface area contributed by atoms with Gasteiger partial charge in [-0.2, -0.15) is 13.2 Å². The van der Waals surface area contributed by atoms with Crippen LogP contribution in [0.2, 0.25) is 0 Å². The highest BCUT2D eigenvalue weighted by Gasteiger charge is 2.33. The molecule has 1 rings (SSSR count). The van der Waals surface area contributed by atoms with Gasteiger partial charge in [0.25, 0.3) is 0 Å². The number of carbonyl (C=O) groups is 2. The fourth-order valence-corrected chi connectivity index (χ4v) is 1.78. The van der Waals surface area contributed by atoms with Crippen molar-refractivity contribution in [3.05, 3.63) is 34.9 Å². The number of aldehydes is 1. The molecule has 0 saturated carbocycles. The molecule has 0 heterocycles. The maximum atomic E-state index is 12.7. The van der Waals surface area contributed by atoms with Gasteiger partial charge >= 0.3 is 12.1 Å². The fraction of sp³-hybridized carbons (Fsp3) is 0.385. The summed E-state index contributed by atoms with van der Waals surface area (Å²) in [7, 11) is 0. The van der Waals surface area contributed by atoms with Gasteiger partial charge in [0.2, 0.25) is 0 Å². The molecule has 3 nitrogen and oxygen atoms in total. The first-order chi connectivity index (χ1) is 8.74. The normalized spacial score (nSPS) is 13.1. The van der Waals surface area contributed by atoms with E-state index in [2.05, 4.69) is 0 Å². The van der Waals surface area contributed by atoms with Gasteiger partial charge in [0, 0.05) is 5.92 Å². The van der Waals surface area contributed by atoms with Crippen LogP contribution >= 0.6 is 0 Å². The van der Waals surface area contributed by atoms with E-state index in [1.54, 1.807) is 6.92 Å². The Kier molecular flexibility index (Phi) is 4.69. The smallest absolute Gasteiger partial charge is 0.416 e. The van der Waals surface area contributed by atoms with E-state index in [1.807, 2.05) is 0 Å². The van der Waals surface area contributed by atoms with Crippen molar-refractivity contribution in [2.75, 3.05) is 0 Å². The SMILES string of the molecule is CC(C=O)Cc1ccc(C(F)(F)F)c(CC(=O)O)c1. The van der Waals surface area contributed by atoms with E-state index in [0.717, 1.165) is 6.07 Å². The van der Waals surface area contributed by atoms with Gasteiger partial charge in [-0.3, -0.25) is 4.79 Å². The number of hydrogen-bond acceptors (Lipinski definition) is 2. The largest absolute Gasteiger partial charge is 0.481 e. The number of carbonyl (C=O) groups excluding carboxylic acids is 1. The zero-order chi connectivity index (χ0) is 14.6. The minimum absolute atomic E-state index is 0.282. The van der Waals surface area contributed by atoms with E-state index < -0.39 is 24.1 Å². The van der Waals surface area contributed by atoms with Crippen molar-refractivity contribution in [1.29, 1.82) is 0 Å². The predicted octanol–water partition coefficient (Wildman–Crippen LogP) is 2.71. The van der Waals surface area contributed by atoms with Crippen molar-refractivity contribution in [3.8, 4) is 0 Å². The molecule has 19 heavy (non-hydrogen) atoms. The number of alkyl halides is 3. The van der Waals surface area contributed by atoms with E-state index in [-0.39, 0.29) is 17.9 Å². The quantitative estimate of drug-likeness (QED) is 0.840. The molecule has 0 amide bonds. The van der Waals surface area contributed by atoms with Crippen LogP contribution in [0.5, 0.6) is 0 Å². The van der Waals surface area contributed by atoms with Gasteiger partial charge < -0.3 is 9.90 Å². The van der Waals surface area contributed by atoms with Gasteiger partial charge in [-0.15, -0.1) is 0 Å². The Labute approximate surface area is 108 Å². The molecule has 0 bridgehead atoms. The highest BCUT2D eigenvalue weighted by Crippen LogP contribution is 2.33. The molecule has 0 aliphatic heterocycles. The summed E-state index contributed by atoms with van der Waals surface area (Å²) in [4.78, 5) is 21.1. The third-order valence-corrected chi connectivity index (χ3v) is 2.61. The highest BCUT2D eigenvalue weighted by atomic mass is 19.4. The lowest BCUT2D eigenvalue weighted by atomic mass is 9.96. The Hall–Kier alpha value is -1.85. The average molecular weight is 274 g/mol. The number of hydrogen-bond donors (Lipinski definition) is 1. The molecule has 104 valence electrons. The lowest BCUT2D eigenvalue weighted by Crippen LogP contribution is -2.13. The molecule has 6 heteroatoms. The summed E-state index contributed by atoms with van der Waals surface area (Å²) in [5, 5.41) is 8.65. The van der Waals surface area contributed by atoms with E-state index in [1.165, 1.54) is 12.1 Å². The molecular formula is C13H13F3O3. The lowest BCUT2D eigenvalue weighted by molar-refractivity contribution is -0.139. The monoisotopic (exact) mass is 274 g/mol. The van der Waals surface area contributed by atoms with E-state index >= 15 is 0 Å². The number of benzene rings is 1.